The fourth-order valence-corrected chi connectivity index (χ4v) is 3.48. The largest absolute Gasteiger partial charge is 0.508 e. The van der Waals surface area contributed by atoms with Gasteiger partial charge in [-0.25, -0.2) is 0 Å². The molecule has 17 heavy (non-hydrogen) atoms. The molecule has 0 radical (unpaired) electrons. The maximum atomic E-state index is 9.92. The molecule has 1 aromatic carbocycles. The number of aromatic hydroxyl groups is 1. The third kappa shape index (κ3) is 1.69. The monoisotopic (exact) mass is 232 g/mol. The average Bonchev–Trinajstić information content (AvgIpc) is 2.38. The van der Waals surface area contributed by atoms with Crippen molar-refractivity contribution in [2.45, 2.75) is 31.7 Å². The Morgan fingerprint density at radius 1 is 1.35 bits per heavy atom. The first kappa shape index (κ1) is 10.9. The summed E-state index contributed by atoms with van der Waals surface area (Å²) in [6.45, 7) is 1.90. The van der Waals surface area contributed by atoms with Crippen LogP contribution in [0.4, 0.5) is 5.69 Å². The molecular formula is C14H20N2O. The topological polar surface area (TPSA) is 49.5 Å². The Balaban J connectivity index is 1.98. The van der Waals surface area contributed by atoms with Gasteiger partial charge in [-0.3, -0.25) is 0 Å². The van der Waals surface area contributed by atoms with Crippen LogP contribution in [0.15, 0.2) is 18.2 Å². The molecule has 3 N–H and O–H groups in total. The molecule has 0 aliphatic carbocycles. The van der Waals surface area contributed by atoms with E-state index in [4.69, 9.17) is 5.73 Å². The highest BCUT2D eigenvalue weighted by atomic mass is 16.3. The van der Waals surface area contributed by atoms with Gasteiger partial charge in [0.2, 0.25) is 0 Å². The fourth-order valence-electron chi connectivity index (χ4n) is 3.48. The maximum Gasteiger partial charge on any atom is 0.120 e. The quantitative estimate of drug-likeness (QED) is 0.777. The van der Waals surface area contributed by atoms with E-state index in [9.17, 15) is 5.11 Å². The second-order valence-electron chi connectivity index (χ2n) is 5.21. The van der Waals surface area contributed by atoms with Crippen molar-refractivity contribution in [1.82, 2.24) is 0 Å². The number of hydrogen-bond acceptors (Lipinski definition) is 3. The molecule has 3 nitrogen and oxygen atoms in total. The summed E-state index contributed by atoms with van der Waals surface area (Å²) in [5.74, 6) is 1.08. The lowest BCUT2D eigenvalue weighted by Gasteiger charge is -2.46. The zero-order valence-electron chi connectivity index (χ0n) is 10.1. The molecule has 1 aromatic rings. The highest BCUT2D eigenvalue weighted by Gasteiger charge is 2.35. The van der Waals surface area contributed by atoms with Crippen molar-refractivity contribution < 1.29 is 5.11 Å². The van der Waals surface area contributed by atoms with Crippen molar-refractivity contribution in [3.63, 3.8) is 0 Å². The Hall–Kier alpha value is -1.22. The summed E-state index contributed by atoms with van der Waals surface area (Å²) in [5.41, 5.74) is 8.25. The molecule has 0 amide bonds. The first-order chi connectivity index (χ1) is 8.31. The van der Waals surface area contributed by atoms with E-state index < -0.39 is 0 Å². The lowest BCUT2D eigenvalue weighted by Crippen LogP contribution is -2.50. The predicted molar refractivity (Wildman–Crippen MR) is 69.3 cm³/mol. The van der Waals surface area contributed by atoms with Crippen LogP contribution >= 0.6 is 0 Å². The molecular weight excluding hydrogens is 212 g/mol. The molecule has 1 saturated heterocycles. The molecule has 0 spiro atoms. The molecule has 2 aliphatic rings. The van der Waals surface area contributed by atoms with Gasteiger partial charge in [0, 0.05) is 23.8 Å². The Bertz CT molecular complexity index is 419. The van der Waals surface area contributed by atoms with Crippen molar-refractivity contribution in [1.29, 1.82) is 0 Å². The molecule has 0 saturated carbocycles. The van der Waals surface area contributed by atoms with Gasteiger partial charge in [0.1, 0.15) is 5.75 Å². The van der Waals surface area contributed by atoms with Crippen LogP contribution in [0.2, 0.25) is 0 Å². The lowest BCUT2D eigenvalue weighted by molar-refractivity contribution is 0.304. The van der Waals surface area contributed by atoms with Crippen molar-refractivity contribution in [3.05, 3.63) is 23.8 Å². The molecule has 2 unspecified atom stereocenters. The van der Waals surface area contributed by atoms with E-state index in [2.05, 4.69) is 11.0 Å². The van der Waals surface area contributed by atoms with Gasteiger partial charge in [-0.05, 0) is 50.3 Å². The van der Waals surface area contributed by atoms with Crippen LogP contribution < -0.4 is 10.6 Å². The minimum Gasteiger partial charge on any atom is -0.508 e. The van der Waals surface area contributed by atoms with E-state index in [-0.39, 0.29) is 0 Å². The van der Waals surface area contributed by atoms with Crippen molar-refractivity contribution in [2.24, 2.45) is 11.7 Å². The third-order valence-corrected chi connectivity index (χ3v) is 4.35. The van der Waals surface area contributed by atoms with Crippen molar-refractivity contribution in [3.8, 4) is 5.75 Å². The zero-order chi connectivity index (χ0) is 11.8. The van der Waals surface area contributed by atoms with E-state index in [1.54, 1.807) is 6.07 Å². The van der Waals surface area contributed by atoms with Gasteiger partial charge in [0.05, 0.1) is 0 Å². The number of fused-ring (bicyclic) bond motifs is 3. The Morgan fingerprint density at radius 3 is 3.06 bits per heavy atom. The van der Waals surface area contributed by atoms with E-state index in [1.165, 1.54) is 18.5 Å². The third-order valence-electron chi connectivity index (χ3n) is 4.35. The first-order valence-electron chi connectivity index (χ1n) is 6.59. The zero-order valence-corrected chi connectivity index (χ0v) is 10.1. The standard InChI is InChI=1S/C14H20N2O/c15-9-10-3-2-8-16-12(10)7-6-11-13(16)4-1-5-14(11)17/h1,4-5,10,12,17H,2-3,6-9,15H2. The number of anilines is 1. The summed E-state index contributed by atoms with van der Waals surface area (Å²) in [7, 11) is 0. The van der Waals surface area contributed by atoms with Gasteiger partial charge >= 0.3 is 0 Å². The number of phenolic OH excluding ortho intramolecular Hbond substituents is 1. The number of piperidine rings is 1. The van der Waals surface area contributed by atoms with Crippen LogP contribution in [0.1, 0.15) is 24.8 Å². The van der Waals surface area contributed by atoms with Gasteiger partial charge in [0.25, 0.3) is 0 Å². The normalized spacial score (nSPS) is 27.5. The van der Waals surface area contributed by atoms with Gasteiger partial charge in [0.15, 0.2) is 0 Å². The Kier molecular flexibility index (Phi) is 2.71. The van der Waals surface area contributed by atoms with Crippen LogP contribution in [0, 0.1) is 5.92 Å². The van der Waals surface area contributed by atoms with Crippen molar-refractivity contribution in [2.75, 3.05) is 18.0 Å². The molecule has 0 aromatic heterocycles. The summed E-state index contributed by atoms with van der Waals surface area (Å²) in [6.07, 6.45) is 4.59. The van der Waals surface area contributed by atoms with Crippen LogP contribution in [0.25, 0.3) is 0 Å². The van der Waals surface area contributed by atoms with Crippen LogP contribution in [0.5, 0.6) is 5.75 Å². The summed E-state index contributed by atoms with van der Waals surface area (Å²) in [4.78, 5) is 2.47. The number of rotatable bonds is 1. The first-order valence-corrected chi connectivity index (χ1v) is 6.59. The summed E-state index contributed by atoms with van der Waals surface area (Å²) in [6, 6.07) is 6.47. The Morgan fingerprint density at radius 2 is 2.24 bits per heavy atom. The molecule has 2 heterocycles. The molecule has 1 fully saturated rings. The van der Waals surface area contributed by atoms with E-state index in [1.807, 2.05) is 6.07 Å². The van der Waals surface area contributed by atoms with E-state index >= 15 is 0 Å². The van der Waals surface area contributed by atoms with Crippen LogP contribution in [-0.4, -0.2) is 24.2 Å². The maximum absolute atomic E-state index is 9.92. The lowest BCUT2D eigenvalue weighted by atomic mass is 9.81. The minimum absolute atomic E-state index is 0.454. The highest BCUT2D eigenvalue weighted by molar-refractivity contribution is 5.61. The fraction of sp³-hybridized carbons (Fsp3) is 0.571. The highest BCUT2D eigenvalue weighted by Crippen LogP contribution is 2.40. The molecule has 0 bridgehead atoms. The second kappa shape index (κ2) is 4.22. The second-order valence-corrected chi connectivity index (χ2v) is 5.21. The van der Waals surface area contributed by atoms with E-state index in [0.29, 0.717) is 17.7 Å². The molecule has 3 rings (SSSR count). The smallest absolute Gasteiger partial charge is 0.120 e. The summed E-state index contributed by atoms with van der Waals surface area (Å²) >= 11 is 0. The Labute approximate surface area is 102 Å². The molecule has 92 valence electrons. The average molecular weight is 232 g/mol. The molecule has 2 aliphatic heterocycles. The summed E-state index contributed by atoms with van der Waals surface area (Å²) in [5, 5.41) is 9.92. The SMILES string of the molecule is NCC1CCCN2c3cccc(O)c3CCC12. The number of phenols is 1. The number of nitrogens with zero attached hydrogens (tertiary/aromatic N) is 1. The number of hydrogen-bond donors (Lipinski definition) is 2. The molecule has 2 atom stereocenters. The summed E-state index contributed by atoms with van der Waals surface area (Å²) < 4.78 is 0. The van der Waals surface area contributed by atoms with Crippen LogP contribution in [-0.2, 0) is 6.42 Å². The predicted octanol–water partition coefficient (Wildman–Crippen LogP) is 1.88. The van der Waals surface area contributed by atoms with Crippen LogP contribution in [0.3, 0.4) is 0 Å². The van der Waals surface area contributed by atoms with Gasteiger partial charge in [-0.15, -0.1) is 0 Å². The number of benzene rings is 1. The number of nitrogens with two attached hydrogens (primary N) is 1. The van der Waals surface area contributed by atoms with Crippen molar-refractivity contribution >= 4 is 5.69 Å². The molecule has 3 heteroatoms. The van der Waals surface area contributed by atoms with Gasteiger partial charge < -0.3 is 15.7 Å². The van der Waals surface area contributed by atoms with Gasteiger partial charge in [-0.1, -0.05) is 6.07 Å². The van der Waals surface area contributed by atoms with Gasteiger partial charge in [-0.2, -0.15) is 0 Å². The minimum atomic E-state index is 0.454. The van der Waals surface area contributed by atoms with E-state index in [0.717, 1.165) is 31.5 Å².